The summed E-state index contributed by atoms with van der Waals surface area (Å²) in [6.07, 6.45) is 0. The lowest BCUT2D eigenvalue weighted by atomic mass is 9.92. The Morgan fingerprint density at radius 1 is 0.333 bits per heavy atom. The van der Waals surface area contributed by atoms with Gasteiger partial charge < -0.3 is 19.6 Å². The van der Waals surface area contributed by atoms with Crippen LogP contribution in [0.2, 0.25) is 0 Å². The number of nitrogens with one attached hydrogen (secondary N) is 1. The molecule has 4 rings (SSSR count). The van der Waals surface area contributed by atoms with Crippen LogP contribution in [-0.2, 0) is 0 Å². The topological polar surface area (TPSA) is 25.0 Å². The molecule has 0 atom stereocenters. The maximum atomic E-state index is 4.06. The molecule has 1 N–H and O–H groups in total. The van der Waals surface area contributed by atoms with Gasteiger partial charge in [-0.05, 0) is 70.8 Å². The van der Waals surface area contributed by atoms with Gasteiger partial charge in [-0.15, -0.1) is 0 Å². The van der Waals surface area contributed by atoms with Crippen molar-refractivity contribution in [3.63, 3.8) is 0 Å². The highest BCUT2D eigenvalue weighted by atomic mass is 15.1. The fourth-order valence-electron chi connectivity index (χ4n) is 4.80. The molecule has 0 unspecified atom stereocenters. The number of hydrogen-bond donors (Lipinski definition) is 1. The lowest BCUT2D eigenvalue weighted by molar-refractivity contribution is 0.540. The lowest BCUT2D eigenvalue weighted by Gasteiger charge is -2.29. The zero-order valence-corrected chi connectivity index (χ0v) is 24.7. The lowest BCUT2D eigenvalue weighted by Crippen LogP contribution is -2.28. The van der Waals surface area contributed by atoms with Crippen molar-refractivity contribution in [2.75, 3.05) is 76.0 Å². The summed E-state index contributed by atoms with van der Waals surface area (Å²) in [4.78, 5) is 8.55. The highest BCUT2D eigenvalue weighted by Gasteiger charge is 2.22. The molecule has 0 saturated heterocycles. The molecule has 0 aliphatic rings. The molecule has 0 bridgehead atoms. The van der Waals surface area contributed by atoms with Crippen LogP contribution in [0.5, 0.6) is 0 Å². The monoisotopic (exact) mass is 521 g/mol. The smallest absolute Gasteiger partial charge is 0.0584 e. The van der Waals surface area contributed by atoms with E-state index in [0.29, 0.717) is 0 Å². The van der Waals surface area contributed by atoms with Crippen LogP contribution in [0, 0.1) is 0 Å². The Hall–Kier alpha value is -3.96. The van der Waals surface area contributed by atoms with Crippen LogP contribution in [-0.4, -0.2) is 56.4 Å². The molecule has 0 spiro atoms. The highest BCUT2D eigenvalue weighted by Crippen LogP contribution is 2.33. The van der Waals surface area contributed by atoms with Crippen molar-refractivity contribution in [3.05, 3.63) is 119 Å². The third kappa shape index (κ3) is 6.73. The van der Waals surface area contributed by atoms with E-state index in [4.69, 9.17) is 0 Å². The summed E-state index contributed by atoms with van der Waals surface area (Å²) in [6, 6.07) is 35.6. The molecule has 0 aliphatic carbocycles. The van der Waals surface area contributed by atoms with E-state index in [1.165, 1.54) is 45.0 Å². The summed E-state index contributed by atoms with van der Waals surface area (Å²) >= 11 is 0. The molecule has 5 nitrogen and oxygen atoms in total. The van der Waals surface area contributed by atoms with Crippen molar-refractivity contribution in [2.24, 2.45) is 0 Å². The summed E-state index contributed by atoms with van der Waals surface area (Å²) in [5.41, 5.74) is 9.70. The largest absolute Gasteiger partial charge is 0.378 e. The van der Waals surface area contributed by atoms with E-state index in [-0.39, 0.29) is 12.1 Å². The Kier molecular flexibility index (Phi) is 8.82. The van der Waals surface area contributed by atoms with Gasteiger partial charge in [-0.2, -0.15) is 0 Å². The van der Waals surface area contributed by atoms with Gasteiger partial charge in [0, 0.05) is 79.1 Å². The number of nitrogens with zero attached hydrogens (tertiary/aromatic N) is 4. The Morgan fingerprint density at radius 2 is 0.513 bits per heavy atom. The molecule has 204 valence electrons. The number of hydrogen-bond acceptors (Lipinski definition) is 5. The van der Waals surface area contributed by atoms with E-state index in [1.807, 2.05) is 0 Å². The van der Waals surface area contributed by atoms with Crippen molar-refractivity contribution < 1.29 is 0 Å². The van der Waals surface area contributed by atoms with E-state index in [2.05, 4.69) is 178 Å². The van der Waals surface area contributed by atoms with Gasteiger partial charge >= 0.3 is 0 Å². The molecule has 0 radical (unpaired) electrons. The fourth-order valence-corrected chi connectivity index (χ4v) is 4.80. The molecule has 39 heavy (non-hydrogen) atoms. The Balaban J connectivity index is 1.79. The first-order valence-electron chi connectivity index (χ1n) is 13.5. The van der Waals surface area contributed by atoms with Gasteiger partial charge in [0.1, 0.15) is 0 Å². The predicted molar refractivity (Wildman–Crippen MR) is 170 cm³/mol. The molecule has 0 amide bonds. The van der Waals surface area contributed by atoms with Gasteiger partial charge in [0.25, 0.3) is 0 Å². The van der Waals surface area contributed by atoms with E-state index < -0.39 is 0 Å². The van der Waals surface area contributed by atoms with Crippen molar-refractivity contribution in [1.29, 1.82) is 0 Å². The first-order valence-corrected chi connectivity index (χ1v) is 13.5. The third-order valence-electron chi connectivity index (χ3n) is 7.30. The average molecular weight is 522 g/mol. The van der Waals surface area contributed by atoms with Gasteiger partial charge in [-0.3, -0.25) is 5.32 Å². The molecular weight excluding hydrogens is 478 g/mol. The van der Waals surface area contributed by atoms with Crippen molar-refractivity contribution >= 4 is 22.7 Å². The second-order valence-electron chi connectivity index (χ2n) is 11.0. The van der Waals surface area contributed by atoms with E-state index in [1.54, 1.807) is 0 Å². The zero-order chi connectivity index (χ0) is 28.1. The SMILES string of the molecule is CN(C)c1ccc(C(NC(c2ccc(N(C)C)cc2)c2ccc(N(C)C)cc2)c2ccc(N(C)C)cc2)cc1. The molecule has 0 aliphatic heterocycles. The first-order chi connectivity index (χ1) is 18.6. The van der Waals surface area contributed by atoms with Gasteiger partial charge in [0.2, 0.25) is 0 Å². The zero-order valence-electron chi connectivity index (χ0n) is 24.7. The summed E-state index contributed by atoms with van der Waals surface area (Å²) in [7, 11) is 16.6. The molecule has 5 heteroatoms. The summed E-state index contributed by atoms with van der Waals surface area (Å²) < 4.78 is 0. The van der Waals surface area contributed by atoms with Gasteiger partial charge in [0.15, 0.2) is 0 Å². The van der Waals surface area contributed by atoms with Crippen LogP contribution in [0.25, 0.3) is 0 Å². The van der Waals surface area contributed by atoms with Crippen LogP contribution in [0.1, 0.15) is 34.3 Å². The standard InChI is InChI=1S/C34H43N5/c1-36(2)29-17-9-25(10-18-29)33(26-11-19-30(20-12-26)37(3)4)35-34(27-13-21-31(22-14-27)38(5)6)28-15-23-32(24-16-28)39(7)8/h9-24,33-35H,1-8H3. The van der Waals surface area contributed by atoms with Crippen molar-refractivity contribution in [1.82, 2.24) is 5.32 Å². The quantitative estimate of drug-likeness (QED) is 0.260. The minimum Gasteiger partial charge on any atom is -0.378 e. The second kappa shape index (κ2) is 12.3. The van der Waals surface area contributed by atoms with Crippen LogP contribution >= 0.6 is 0 Å². The van der Waals surface area contributed by atoms with Gasteiger partial charge in [-0.1, -0.05) is 48.5 Å². The van der Waals surface area contributed by atoms with Crippen LogP contribution in [0.3, 0.4) is 0 Å². The van der Waals surface area contributed by atoms with E-state index in [0.717, 1.165) is 0 Å². The second-order valence-corrected chi connectivity index (χ2v) is 11.0. The minimum absolute atomic E-state index is 0.00414. The maximum absolute atomic E-state index is 4.06. The minimum atomic E-state index is 0.00414. The molecule has 4 aromatic rings. The molecular formula is C34H43N5. The highest BCUT2D eigenvalue weighted by molar-refractivity contribution is 5.53. The first kappa shape index (κ1) is 28.1. The maximum Gasteiger partial charge on any atom is 0.0584 e. The molecule has 0 aromatic heterocycles. The average Bonchev–Trinajstić information content (AvgIpc) is 2.94. The van der Waals surface area contributed by atoms with Crippen LogP contribution in [0.15, 0.2) is 97.1 Å². The van der Waals surface area contributed by atoms with Gasteiger partial charge in [-0.25, -0.2) is 0 Å². The molecule has 0 saturated carbocycles. The van der Waals surface area contributed by atoms with Gasteiger partial charge in [0.05, 0.1) is 12.1 Å². The molecule has 0 heterocycles. The van der Waals surface area contributed by atoms with Crippen LogP contribution < -0.4 is 24.9 Å². The predicted octanol–water partition coefficient (Wildman–Crippen LogP) is 6.42. The number of anilines is 4. The van der Waals surface area contributed by atoms with Crippen molar-refractivity contribution in [3.8, 4) is 0 Å². The molecule has 4 aromatic carbocycles. The summed E-state index contributed by atoms with van der Waals surface area (Å²) in [5.74, 6) is 0. The molecule has 0 fully saturated rings. The number of rotatable bonds is 10. The Morgan fingerprint density at radius 3 is 0.667 bits per heavy atom. The Bertz CT molecular complexity index is 1100. The number of benzene rings is 4. The van der Waals surface area contributed by atoms with E-state index >= 15 is 0 Å². The van der Waals surface area contributed by atoms with Crippen LogP contribution in [0.4, 0.5) is 22.7 Å². The normalized spacial score (nSPS) is 11.1. The summed E-state index contributed by atoms with van der Waals surface area (Å²) in [6.45, 7) is 0. The fraction of sp³-hybridized carbons (Fsp3) is 0.294. The van der Waals surface area contributed by atoms with E-state index in [9.17, 15) is 0 Å². The van der Waals surface area contributed by atoms with Crippen molar-refractivity contribution in [2.45, 2.75) is 12.1 Å². The Labute approximate surface area is 235 Å². The summed E-state index contributed by atoms with van der Waals surface area (Å²) in [5, 5.41) is 4.06. The third-order valence-corrected chi connectivity index (χ3v) is 7.30.